The van der Waals surface area contributed by atoms with Gasteiger partial charge >= 0.3 is 5.97 Å². The van der Waals surface area contributed by atoms with Crippen LogP contribution in [0.25, 0.3) is 0 Å². The van der Waals surface area contributed by atoms with E-state index in [1.165, 1.54) is 6.07 Å². The van der Waals surface area contributed by atoms with Crippen LogP contribution in [-0.2, 0) is 0 Å². The summed E-state index contributed by atoms with van der Waals surface area (Å²) < 4.78 is 0. The highest BCUT2D eigenvalue weighted by atomic mass is 16.4. The van der Waals surface area contributed by atoms with Crippen molar-refractivity contribution in [3.05, 3.63) is 23.8 Å². The van der Waals surface area contributed by atoms with Gasteiger partial charge in [-0.3, -0.25) is 0 Å². The molecule has 4 nitrogen and oxygen atoms in total. The Balaban J connectivity index is 2.72. The van der Waals surface area contributed by atoms with E-state index >= 15 is 0 Å². The predicted molar refractivity (Wildman–Crippen MR) is 70.4 cm³/mol. The van der Waals surface area contributed by atoms with Crippen molar-refractivity contribution in [2.24, 2.45) is 5.41 Å². The lowest BCUT2D eigenvalue weighted by atomic mass is 9.92. The standard InChI is InChI=1S/C13H20N2O2/c1-13(2,3)7-8-15-10-6-4-5-9(11(10)14)12(16)17/h4-6,15H,7-8,14H2,1-3H3,(H,16,17). The second kappa shape index (κ2) is 5.08. The van der Waals surface area contributed by atoms with Gasteiger partial charge < -0.3 is 16.2 Å². The molecule has 4 heteroatoms. The fraction of sp³-hybridized carbons (Fsp3) is 0.462. The zero-order chi connectivity index (χ0) is 13.1. The van der Waals surface area contributed by atoms with Gasteiger partial charge in [-0.2, -0.15) is 0 Å². The predicted octanol–water partition coefficient (Wildman–Crippen LogP) is 2.82. The molecule has 4 N–H and O–H groups in total. The zero-order valence-electron chi connectivity index (χ0n) is 10.6. The summed E-state index contributed by atoms with van der Waals surface area (Å²) in [5.41, 5.74) is 7.17. The highest BCUT2D eigenvalue weighted by molar-refractivity contribution is 5.97. The summed E-state index contributed by atoms with van der Waals surface area (Å²) in [7, 11) is 0. The molecule has 0 fully saturated rings. The Hall–Kier alpha value is -1.71. The summed E-state index contributed by atoms with van der Waals surface area (Å²) in [6.45, 7) is 7.25. The van der Waals surface area contributed by atoms with E-state index in [0.29, 0.717) is 11.4 Å². The molecule has 0 aliphatic rings. The van der Waals surface area contributed by atoms with E-state index in [9.17, 15) is 4.79 Å². The average molecular weight is 236 g/mol. The number of nitrogens with one attached hydrogen (secondary N) is 1. The number of hydrogen-bond acceptors (Lipinski definition) is 3. The summed E-state index contributed by atoms with van der Waals surface area (Å²) in [6, 6.07) is 5.00. The van der Waals surface area contributed by atoms with Crippen LogP contribution in [0.1, 0.15) is 37.6 Å². The molecule has 0 aliphatic heterocycles. The van der Waals surface area contributed by atoms with Crippen molar-refractivity contribution in [3.63, 3.8) is 0 Å². The third-order valence-corrected chi connectivity index (χ3v) is 2.53. The van der Waals surface area contributed by atoms with Crippen LogP contribution in [0.3, 0.4) is 0 Å². The molecular weight excluding hydrogens is 216 g/mol. The van der Waals surface area contributed by atoms with Crippen molar-refractivity contribution in [1.29, 1.82) is 0 Å². The summed E-state index contributed by atoms with van der Waals surface area (Å²) >= 11 is 0. The third kappa shape index (κ3) is 3.98. The van der Waals surface area contributed by atoms with E-state index in [2.05, 4.69) is 26.1 Å². The molecule has 0 atom stereocenters. The Morgan fingerprint density at radius 1 is 1.41 bits per heavy atom. The van der Waals surface area contributed by atoms with Crippen LogP contribution in [-0.4, -0.2) is 17.6 Å². The van der Waals surface area contributed by atoms with Crippen molar-refractivity contribution in [2.75, 3.05) is 17.6 Å². The van der Waals surface area contributed by atoms with Crippen LogP contribution in [0.5, 0.6) is 0 Å². The summed E-state index contributed by atoms with van der Waals surface area (Å²) in [5.74, 6) is -0.998. The molecule has 0 aromatic heterocycles. The largest absolute Gasteiger partial charge is 0.478 e. The number of benzene rings is 1. The number of nitrogen functional groups attached to an aromatic ring is 1. The Morgan fingerprint density at radius 3 is 2.59 bits per heavy atom. The molecule has 0 saturated heterocycles. The Bertz CT molecular complexity index is 408. The fourth-order valence-electron chi connectivity index (χ4n) is 1.48. The van der Waals surface area contributed by atoms with Gasteiger partial charge in [-0.15, -0.1) is 0 Å². The van der Waals surface area contributed by atoms with Crippen LogP contribution in [0, 0.1) is 5.41 Å². The monoisotopic (exact) mass is 236 g/mol. The molecule has 0 aliphatic carbocycles. The van der Waals surface area contributed by atoms with E-state index in [1.807, 2.05) is 0 Å². The number of aromatic carboxylic acids is 1. The van der Waals surface area contributed by atoms with Crippen molar-refractivity contribution >= 4 is 17.3 Å². The Kier molecular flexibility index (Phi) is 3.99. The number of nitrogens with two attached hydrogens (primary N) is 1. The molecule has 1 aromatic carbocycles. The van der Waals surface area contributed by atoms with Gasteiger partial charge in [-0.05, 0) is 24.0 Å². The number of anilines is 2. The van der Waals surface area contributed by atoms with Gasteiger partial charge in [0.1, 0.15) is 0 Å². The fourth-order valence-corrected chi connectivity index (χ4v) is 1.48. The molecule has 0 unspecified atom stereocenters. The van der Waals surface area contributed by atoms with Crippen LogP contribution in [0.4, 0.5) is 11.4 Å². The minimum absolute atomic E-state index is 0.144. The van der Waals surface area contributed by atoms with Crippen LogP contribution < -0.4 is 11.1 Å². The lowest BCUT2D eigenvalue weighted by molar-refractivity contribution is 0.0698. The molecule has 1 rings (SSSR count). The quantitative estimate of drug-likeness (QED) is 0.703. The first kappa shape index (κ1) is 13.4. The second-order valence-corrected chi connectivity index (χ2v) is 5.31. The molecule has 0 heterocycles. The van der Waals surface area contributed by atoms with Crippen LogP contribution in [0.2, 0.25) is 0 Å². The molecule has 17 heavy (non-hydrogen) atoms. The van der Waals surface area contributed by atoms with Crippen LogP contribution in [0.15, 0.2) is 18.2 Å². The summed E-state index contributed by atoms with van der Waals surface area (Å²) in [4.78, 5) is 10.9. The van der Waals surface area contributed by atoms with Gasteiger partial charge in [0.2, 0.25) is 0 Å². The number of rotatable bonds is 4. The van der Waals surface area contributed by atoms with Gasteiger partial charge in [0, 0.05) is 6.54 Å². The SMILES string of the molecule is CC(C)(C)CCNc1cccc(C(=O)O)c1N. The number of carboxylic acid groups (broad SMARTS) is 1. The van der Waals surface area contributed by atoms with Crippen LogP contribution >= 0.6 is 0 Å². The average Bonchev–Trinajstić information content (AvgIpc) is 2.18. The second-order valence-electron chi connectivity index (χ2n) is 5.31. The van der Waals surface area contributed by atoms with Crippen molar-refractivity contribution in [1.82, 2.24) is 0 Å². The van der Waals surface area contributed by atoms with Gasteiger partial charge in [0.25, 0.3) is 0 Å². The third-order valence-electron chi connectivity index (χ3n) is 2.53. The highest BCUT2D eigenvalue weighted by Crippen LogP contribution is 2.24. The van der Waals surface area contributed by atoms with Crippen molar-refractivity contribution in [3.8, 4) is 0 Å². The van der Waals surface area contributed by atoms with Gasteiger partial charge in [-0.1, -0.05) is 26.8 Å². The minimum Gasteiger partial charge on any atom is -0.478 e. The number of para-hydroxylation sites is 1. The molecular formula is C13H20N2O2. The van der Waals surface area contributed by atoms with Gasteiger partial charge in [0.05, 0.1) is 16.9 Å². The maximum absolute atomic E-state index is 10.9. The topological polar surface area (TPSA) is 75.3 Å². The molecule has 1 aromatic rings. The number of hydrogen-bond donors (Lipinski definition) is 3. The maximum atomic E-state index is 10.9. The molecule has 0 amide bonds. The van der Waals surface area contributed by atoms with Gasteiger partial charge in [0.15, 0.2) is 0 Å². The molecule has 0 bridgehead atoms. The first-order valence-corrected chi connectivity index (χ1v) is 5.67. The lowest BCUT2D eigenvalue weighted by Crippen LogP contribution is -2.14. The van der Waals surface area contributed by atoms with Crippen molar-refractivity contribution in [2.45, 2.75) is 27.2 Å². The van der Waals surface area contributed by atoms with E-state index in [-0.39, 0.29) is 11.0 Å². The van der Waals surface area contributed by atoms with Crippen molar-refractivity contribution < 1.29 is 9.90 Å². The van der Waals surface area contributed by atoms with E-state index in [0.717, 1.165) is 13.0 Å². The molecule has 0 saturated carbocycles. The van der Waals surface area contributed by atoms with E-state index < -0.39 is 5.97 Å². The highest BCUT2D eigenvalue weighted by Gasteiger charge is 2.12. The van der Waals surface area contributed by atoms with E-state index in [4.69, 9.17) is 10.8 Å². The molecule has 94 valence electrons. The molecule has 0 spiro atoms. The smallest absolute Gasteiger partial charge is 0.337 e. The summed E-state index contributed by atoms with van der Waals surface area (Å²) in [6.07, 6.45) is 0.990. The lowest BCUT2D eigenvalue weighted by Gasteiger charge is -2.19. The number of carboxylic acids is 1. The first-order chi connectivity index (χ1) is 7.81. The normalized spacial score (nSPS) is 11.2. The maximum Gasteiger partial charge on any atom is 0.337 e. The Morgan fingerprint density at radius 2 is 2.06 bits per heavy atom. The minimum atomic E-state index is -0.998. The summed E-state index contributed by atoms with van der Waals surface area (Å²) in [5, 5.41) is 12.1. The zero-order valence-corrected chi connectivity index (χ0v) is 10.6. The molecule has 0 radical (unpaired) electrons. The van der Waals surface area contributed by atoms with E-state index in [1.54, 1.807) is 12.1 Å². The number of carbonyl (C=O) groups is 1. The first-order valence-electron chi connectivity index (χ1n) is 5.67. The van der Waals surface area contributed by atoms with Gasteiger partial charge in [-0.25, -0.2) is 4.79 Å². The Labute approximate surface area is 102 Å².